The minimum absolute atomic E-state index is 0.253. The molecule has 0 radical (unpaired) electrons. The van der Waals surface area contributed by atoms with Crippen molar-refractivity contribution in [3.8, 4) is 0 Å². The van der Waals surface area contributed by atoms with Gasteiger partial charge in [-0.25, -0.2) is 5.43 Å². The number of pyridine rings is 1. The van der Waals surface area contributed by atoms with Crippen molar-refractivity contribution in [3.05, 3.63) is 81.8 Å². The first-order chi connectivity index (χ1) is 14.7. The lowest BCUT2D eigenvalue weighted by Gasteiger charge is -2.31. The Morgan fingerprint density at radius 2 is 1.83 bits per heavy atom. The van der Waals surface area contributed by atoms with Gasteiger partial charge in [0.2, 0.25) is 0 Å². The van der Waals surface area contributed by atoms with Crippen LogP contribution in [0.1, 0.15) is 28.8 Å². The molecule has 1 fully saturated rings. The van der Waals surface area contributed by atoms with Gasteiger partial charge in [0.05, 0.1) is 19.4 Å². The maximum absolute atomic E-state index is 12.2. The van der Waals surface area contributed by atoms with Crippen molar-refractivity contribution in [2.45, 2.75) is 12.8 Å². The summed E-state index contributed by atoms with van der Waals surface area (Å²) in [7, 11) is 0. The second-order valence-electron chi connectivity index (χ2n) is 7.13. The highest BCUT2D eigenvalue weighted by Gasteiger charge is 2.25. The van der Waals surface area contributed by atoms with E-state index >= 15 is 0 Å². The van der Waals surface area contributed by atoms with E-state index in [4.69, 9.17) is 16.3 Å². The van der Waals surface area contributed by atoms with Gasteiger partial charge < -0.3 is 9.64 Å². The highest BCUT2D eigenvalue weighted by atomic mass is 35.5. The Labute approximate surface area is 180 Å². The molecule has 1 saturated heterocycles. The highest BCUT2D eigenvalue weighted by Crippen LogP contribution is 2.35. The van der Waals surface area contributed by atoms with Crippen molar-refractivity contribution in [2.75, 3.05) is 26.3 Å². The molecule has 0 atom stereocenters. The number of hydrogen-bond donors (Lipinski definition) is 1. The molecule has 0 bridgehead atoms. The third-order valence-electron chi connectivity index (χ3n) is 5.14. The Morgan fingerprint density at radius 1 is 1.10 bits per heavy atom. The lowest BCUT2D eigenvalue weighted by atomic mass is 10.1. The number of aromatic nitrogens is 1. The Kier molecular flexibility index (Phi) is 6.57. The number of allylic oxidation sites excluding steroid dienone is 2. The smallest absolute Gasteiger partial charge is 0.271 e. The number of nitrogens with one attached hydrogen (secondary N) is 1. The quantitative estimate of drug-likeness (QED) is 0.586. The molecule has 0 spiro atoms. The van der Waals surface area contributed by atoms with Crippen LogP contribution in [0.25, 0.3) is 6.08 Å². The summed E-state index contributed by atoms with van der Waals surface area (Å²) in [5, 5.41) is 4.95. The molecule has 0 unspecified atom stereocenters. The van der Waals surface area contributed by atoms with Crippen molar-refractivity contribution in [1.82, 2.24) is 15.3 Å². The first-order valence-electron chi connectivity index (χ1n) is 9.96. The Balaban J connectivity index is 1.57. The van der Waals surface area contributed by atoms with Crippen molar-refractivity contribution in [3.63, 3.8) is 0 Å². The summed E-state index contributed by atoms with van der Waals surface area (Å²) in [5.41, 5.74) is 7.83. The summed E-state index contributed by atoms with van der Waals surface area (Å²) in [5.74, 6) is -0.253. The van der Waals surface area contributed by atoms with Gasteiger partial charge in [-0.15, -0.1) is 0 Å². The Bertz CT molecular complexity index is 978. The largest absolute Gasteiger partial charge is 0.378 e. The molecule has 4 rings (SSSR count). The van der Waals surface area contributed by atoms with E-state index in [2.05, 4.69) is 26.5 Å². The van der Waals surface area contributed by atoms with Gasteiger partial charge in [-0.3, -0.25) is 9.78 Å². The molecule has 7 heteroatoms. The number of amides is 1. The fraction of sp³-hybridized carbons (Fsp3) is 0.261. The van der Waals surface area contributed by atoms with E-state index in [1.807, 2.05) is 24.3 Å². The monoisotopic (exact) mass is 422 g/mol. The van der Waals surface area contributed by atoms with Gasteiger partial charge >= 0.3 is 0 Å². The van der Waals surface area contributed by atoms with Crippen LogP contribution in [0, 0.1) is 0 Å². The molecule has 1 aromatic heterocycles. The minimum atomic E-state index is -0.253. The van der Waals surface area contributed by atoms with Crippen molar-refractivity contribution < 1.29 is 9.53 Å². The molecule has 6 nitrogen and oxygen atoms in total. The fourth-order valence-corrected chi connectivity index (χ4v) is 3.79. The van der Waals surface area contributed by atoms with E-state index in [1.54, 1.807) is 30.7 Å². The van der Waals surface area contributed by atoms with Crippen molar-refractivity contribution >= 4 is 29.8 Å². The Morgan fingerprint density at radius 3 is 2.57 bits per heavy atom. The maximum atomic E-state index is 12.2. The van der Waals surface area contributed by atoms with Gasteiger partial charge in [0.25, 0.3) is 5.91 Å². The summed E-state index contributed by atoms with van der Waals surface area (Å²) in [6.45, 7) is 3.10. The molecule has 2 aromatic rings. The van der Waals surface area contributed by atoms with E-state index in [9.17, 15) is 4.79 Å². The van der Waals surface area contributed by atoms with Gasteiger partial charge in [-0.2, -0.15) is 5.10 Å². The maximum Gasteiger partial charge on any atom is 0.271 e. The molecule has 1 amide bonds. The van der Waals surface area contributed by atoms with E-state index in [1.165, 1.54) is 11.3 Å². The van der Waals surface area contributed by atoms with Crippen LogP contribution in [0.15, 0.2) is 70.7 Å². The number of carbonyl (C=O) groups is 1. The van der Waals surface area contributed by atoms with Crippen LogP contribution in [0.4, 0.5) is 0 Å². The molecule has 154 valence electrons. The summed E-state index contributed by atoms with van der Waals surface area (Å²) >= 11 is 6.02. The molecular formula is C23H23ClN4O2. The van der Waals surface area contributed by atoms with Gasteiger partial charge in [0, 0.05) is 41.8 Å². The number of ether oxygens (including phenoxy) is 1. The number of nitrogens with zero attached hydrogens (tertiary/aromatic N) is 3. The second kappa shape index (κ2) is 9.69. The second-order valence-corrected chi connectivity index (χ2v) is 7.57. The van der Waals surface area contributed by atoms with Gasteiger partial charge in [-0.05, 0) is 59.9 Å². The van der Waals surface area contributed by atoms with E-state index < -0.39 is 0 Å². The lowest BCUT2D eigenvalue weighted by molar-refractivity contribution is 0.0548. The zero-order valence-corrected chi connectivity index (χ0v) is 17.3. The van der Waals surface area contributed by atoms with Crippen molar-refractivity contribution in [1.29, 1.82) is 0 Å². The zero-order chi connectivity index (χ0) is 20.8. The molecule has 1 aliphatic carbocycles. The number of benzene rings is 1. The predicted molar refractivity (Wildman–Crippen MR) is 118 cm³/mol. The average molecular weight is 423 g/mol. The standard InChI is InChI=1S/C23H23ClN4O2/c24-21-5-1-17(2-6-21)15-19-3-4-20(22(19)28-11-13-30-14-12-28)16-26-27-23(29)18-7-9-25-10-8-18/h1-2,5-10,15-16H,3-4,11-14H2,(H,27,29)/b19-15+,26-16-. The molecular weight excluding hydrogens is 400 g/mol. The van der Waals surface area contributed by atoms with Gasteiger partial charge in [0.1, 0.15) is 0 Å². The van der Waals surface area contributed by atoms with Crippen LogP contribution in [0.2, 0.25) is 5.02 Å². The molecule has 1 aliphatic heterocycles. The fourth-order valence-electron chi connectivity index (χ4n) is 3.67. The van der Waals surface area contributed by atoms with Crippen LogP contribution >= 0.6 is 11.6 Å². The highest BCUT2D eigenvalue weighted by molar-refractivity contribution is 6.30. The first-order valence-corrected chi connectivity index (χ1v) is 10.3. The van der Waals surface area contributed by atoms with E-state index in [0.717, 1.165) is 42.1 Å². The third-order valence-corrected chi connectivity index (χ3v) is 5.39. The van der Waals surface area contributed by atoms with Crippen LogP contribution < -0.4 is 5.43 Å². The van der Waals surface area contributed by atoms with Crippen LogP contribution in [0.5, 0.6) is 0 Å². The normalized spacial score (nSPS) is 18.4. The topological polar surface area (TPSA) is 66.8 Å². The number of hydrogen-bond acceptors (Lipinski definition) is 5. The number of carbonyl (C=O) groups excluding carboxylic acids is 1. The van der Waals surface area contributed by atoms with Crippen LogP contribution in [-0.4, -0.2) is 48.3 Å². The molecule has 2 heterocycles. The molecule has 0 saturated carbocycles. The average Bonchev–Trinajstić information content (AvgIpc) is 3.18. The molecule has 1 aromatic carbocycles. The van der Waals surface area contributed by atoms with Gasteiger partial charge in [-0.1, -0.05) is 23.7 Å². The van der Waals surface area contributed by atoms with Gasteiger partial charge in [0.15, 0.2) is 0 Å². The zero-order valence-electron chi connectivity index (χ0n) is 16.6. The van der Waals surface area contributed by atoms with Crippen LogP contribution in [0.3, 0.4) is 0 Å². The number of morpholine rings is 1. The van der Waals surface area contributed by atoms with E-state index in [0.29, 0.717) is 18.8 Å². The SMILES string of the molecule is O=C(N/N=C\C1=C(N2CCOCC2)C(=C/c2ccc(Cl)cc2)/CC1)c1ccncc1. The minimum Gasteiger partial charge on any atom is -0.378 e. The summed E-state index contributed by atoms with van der Waals surface area (Å²) in [6, 6.07) is 11.2. The van der Waals surface area contributed by atoms with Crippen LogP contribution in [-0.2, 0) is 4.74 Å². The predicted octanol–water partition coefficient (Wildman–Crippen LogP) is 3.91. The number of hydrazone groups is 1. The first kappa shape index (κ1) is 20.3. The van der Waals surface area contributed by atoms with Crippen molar-refractivity contribution in [2.24, 2.45) is 5.10 Å². The Hall–Kier alpha value is -2.96. The summed E-state index contributed by atoms with van der Waals surface area (Å²) < 4.78 is 5.53. The number of rotatable bonds is 5. The summed E-state index contributed by atoms with van der Waals surface area (Å²) in [4.78, 5) is 18.5. The molecule has 30 heavy (non-hydrogen) atoms. The molecule has 1 N–H and O–H groups in total. The number of halogens is 1. The lowest BCUT2D eigenvalue weighted by Crippen LogP contribution is -2.36. The molecule has 2 aliphatic rings. The van der Waals surface area contributed by atoms with E-state index in [-0.39, 0.29) is 5.91 Å². The third kappa shape index (κ3) is 4.96. The summed E-state index contributed by atoms with van der Waals surface area (Å²) in [6.07, 6.45) is 8.95.